The average molecular weight is 553 g/mol. The lowest BCUT2D eigenvalue weighted by Crippen LogP contribution is -3.00. The zero-order valence-corrected chi connectivity index (χ0v) is 22.2. The quantitative estimate of drug-likeness (QED) is 0.117. The van der Waals surface area contributed by atoms with Gasteiger partial charge in [-0.3, -0.25) is 9.59 Å². The summed E-state index contributed by atoms with van der Waals surface area (Å²) in [6, 6.07) is 22.1. The molecule has 0 unspecified atom stereocenters. The van der Waals surface area contributed by atoms with Crippen molar-refractivity contribution < 1.29 is 45.9 Å². The van der Waals surface area contributed by atoms with Crippen molar-refractivity contribution >= 4 is 45.0 Å². The molecule has 0 spiro atoms. The summed E-state index contributed by atoms with van der Waals surface area (Å²) >= 11 is 0. The minimum Gasteiger partial charge on any atom is -1.00 e. The number of hydrogen-bond donors (Lipinski definition) is 6. The second-order valence-electron chi connectivity index (χ2n) is 9.05. The first-order valence-electron chi connectivity index (χ1n) is 12.0. The van der Waals surface area contributed by atoms with Gasteiger partial charge in [0, 0.05) is 47.0 Å². The summed E-state index contributed by atoms with van der Waals surface area (Å²) in [6.07, 6.45) is 4.84. The highest BCUT2D eigenvalue weighted by atomic mass is 35.5. The molecule has 10 N–H and O–H groups in total. The van der Waals surface area contributed by atoms with Gasteiger partial charge in [0.25, 0.3) is 11.8 Å². The normalized spacial score (nSPS) is 12.3. The average Bonchev–Trinajstić information content (AvgIpc) is 3.49. The van der Waals surface area contributed by atoms with Crippen molar-refractivity contribution in [3.8, 4) is 0 Å². The molecular weight excluding hydrogens is 523 g/mol. The lowest BCUT2D eigenvalue weighted by Gasteiger charge is -2.15. The molecule has 0 fully saturated rings. The number of anilines is 2. The molecule has 10 heteroatoms. The number of benzene rings is 3. The number of carbonyl (C=O) groups is 2. The molecule has 3 aromatic carbocycles. The molecule has 0 aliphatic rings. The Kier molecular flexibility index (Phi) is 9.55. The summed E-state index contributed by atoms with van der Waals surface area (Å²) in [5.74, 6) is -0.432. The fourth-order valence-electron chi connectivity index (χ4n) is 4.49. The van der Waals surface area contributed by atoms with Crippen molar-refractivity contribution in [1.82, 2.24) is 9.97 Å². The first kappa shape index (κ1) is 28.7. The Morgan fingerprint density at radius 1 is 0.632 bits per heavy atom. The molecule has 0 saturated carbocycles. The van der Waals surface area contributed by atoms with Crippen molar-refractivity contribution in [1.29, 1.82) is 0 Å². The molecule has 8 nitrogen and oxygen atoms in total. The Morgan fingerprint density at radius 3 is 1.42 bits per heavy atom. The smallest absolute Gasteiger partial charge is 0.282 e. The fourth-order valence-corrected chi connectivity index (χ4v) is 4.49. The van der Waals surface area contributed by atoms with E-state index in [-0.39, 0.29) is 36.6 Å². The molecule has 2 atom stereocenters. The lowest BCUT2D eigenvalue weighted by molar-refractivity contribution is -0.402. The largest absolute Gasteiger partial charge is 1.00 e. The van der Waals surface area contributed by atoms with E-state index >= 15 is 0 Å². The first-order chi connectivity index (χ1) is 17.5. The van der Waals surface area contributed by atoms with Gasteiger partial charge in [-0.25, -0.2) is 0 Å². The van der Waals surface area contributed by atoms with Crippen molar-refractivity contribution in [3.63, 3.8) is 0 Å². The predicted octanol–water partition coefficient (Wildman–Crippen LogP) is -3.76. The number of fused-ring (bicyclic) bond motifs is 2. The van der Waals surface area contributed by atoms with Gasteiger partial charge in [-0.15, -0.1) is 0 Å². The van der Waals surface area contributed by atoms with Crippen LogP contribution in [0.15, 0.2) is 85.2 Å². The molecule has 198 valence electrons. The van der Waals surface area contributed by atoms with Crippen LogP contribution in [0.5, 0.6) is 0 Å². The van der Waals surface area contributed by atoms with E-state index in [1.807, 2.05) is 73.1 Å². The Labute approximate surface area is 232 Å². The number of nitrogens with one attached hydrogen (secondary N) is 4. The molecule has 38 heavy (non-hydrogen) atoms. The van der Waals surface area contributed by atoms with Crippen molar-refractivity contribution in [2.24, 2.45) is 0 Å². The number of amides is 2. The van der Waals surface area contributed by atoms with Gasteiger partial charge in [0.05, 0.1) is 11.4 Å². The Balaban J connectivity index is 0.00000200. The van der Waals surface area contributed by atoms with E-state index in [9.17, 15) is 9.59 Å². The molecular formula is C28H30Cl2N6O2. The molecule has 0 saturated heterocycles. The second kappa shape index (κ2) is 12.6. The SMILES string of the molecule is [Cl-].[Cl-].[NH3+][C@@H](Cc1c[nH]c2ccccc12)C(=O)Nc1ccccc1NC(=O)[C@@H]([NH3+])Cc1c[nH]c2ccccc12. The summed E-state index contributed by atoms with van der Waals surface area (Å²) in [5, 5.41) is 8.04. The number of H-pyrrole nitrogens is 2. The van der Waals surface area contributed by atoms with E-state index in [4.69, 9.17) is 0 Å². The second-order valence-corrected chi connectivity index (χ2v) is 9.05. The van der Waals surface area contributed by atoms with Crippen LogP contribution in [0.2, 0.25) is 0 Å². The molecule has 0 aliphatic heterocycles. The van der Waals surface area contributed by atoms with Crippen molar-refractivity contribution in [3.05, 3.63) is 96.3 Å². The number of quaternary nitrogens is 2. The number of aromatic amines is 2. The van der Waals surface area contributed by atoms with Crippen LogP contribution in [0.25, 0.3) is 21.8 Å². The molecule has 0 aliphatic carbocycles. The highest BCUT2D eigenvalue weighted by molar-refractivity contribution is 6.02. The predicted molar refractivity (Wildman–Crippen MR) is 141 cm³/mol. The van der Waals surface area contributed by atoms with E-state index in [2.05, 4.69) is 32.1 Å². The number of rotatable bonds is 8. The third kappa shape index (κ3) is 6.17. The van der Waals surface area contributed by atoms with Crippen molar-refractivity contribution in [2.45, 2.75) is 24.9 Å². The third-order valence-electron chi connectivity index (χ3n) is 6.47. The zero-order valence-electron chi connectivity index (χ0n) is 20.6. The van der Waals surface area contributed by atoms with Gasteiger partial charge in [0.15, 0.2) is 12.1 Å². The van der Waals surface area contributed by atoms with E-state index in [0.717, 1.165) is 32.9 Å². The maximum atomic E-state index is 13.0. The Morgan fingerprint density at radius 2 is 1.00 bits per heavy atom. The summed E-state index contributed by atoms with van der Waals surface area (Å²) in [5.41, 5.74) is 13.4. The van der Waals surface area contributed by atoms with Gasteiger partial charge in [-0.05, 0) is 35.4 Å². The van der Waals surface area contributed by atoms with Gasteiger partial charge in [-0.2, -0.15) is 0 Å². The minimum atomic E-state index is -0.504. The van der Waals surface area contributed by atoms with Crippen LogP contribution in [-0.2, 0) is 22.4 Å². The number of hydrogen-bond acceptors (Lipinski definition) is 2. The van der Waals surface area contributed by atoms with E-state index in [0.29, 0.717) is 24.2 Å². The molecule has 0 radical (unpaired) electrons. The van der Waals surface area contributed by atoms with Crippen molar-refractivity contribution in [2.75, 3.05) is 10.6 Å². The number of aromatic nitrogens is 2. The Hall–Kier alpha value is -3.82. The molecule has 5 aromatic rings. The molecule has 2 amide bonds. The van der Waals surface area contributed by atoms with E-state index in [1.165, 1.54) is 0 Å². The van der Waals surface area contributed by atoms with Crippen LogP contribution in [0.3, 0.4) is 0 Å². The lowest BCUT2D eigenvalue weighted by atomic mass is 10.0. The maximum absolute atomic E-state index is 13.0. The number of halogens is 2. The first-order valence-corrected chi connectivity index (χ1v) is 12.0. The van der Waals surface area contributed by atoms with E-state index < -0.39 is 12.1 Å². The van der Waals surface area contributed by atoms with Crippen LogP contribution in [-0.4, -0.2) is 33.9 Å². The zero-order chi connectivity index (χ0) is 25.1. The molecule has 2 aromatic heterocycles. The highest BCUT2D eigenvalue weighted by Crippen LogP contribution is 2.23. The van der Waals surface area contributed by atoms with Gasteiger partial charge < -0.3 is 56.9 Å². The minimum absolute atomic E-state index is 0. The third-order valence-corrected chi connectivity index (χ3v) is 6.47. The van der Waals surface area contributed by atoms with Crippen LogP contribution >= 0.6 is 0 Å². The summed E-state index contributed by atoms with van der Waals surface area (Å²) in [7, 11) is 0. The van der Waals surface area contributed by atoms with Crippen LogP contribution < -0.4 is 46.9 Å². The maximum Gasteiger partial charge on any atom is 0.282 e. The summed E-state index contributed by atoms with van der Waals surface area (Å²) in [6.45, 7) is 0. The van der Waals surface area contributed by atoms with Crippen LogP contribution in [0.4, 0.5) is 11.4 Å². The summed E-state index contributed by atoms with van der Waals surface area (Å²) in [4.78, 5) is 32.4. The van der Waals surface area contributed by atoms with Gasteiger partial charge in [0.2, 0.25) is 0 Å². The molecule has 2 heterocycles. The van der Waals surface area contributed by atoms with Gasteiger partial charge >= 0.3 is 0 Å². The number of carbonyl (C=O) groups excluding carboxylic acids is 2. The van der Waals surface area contributed by atoms with E-state index in [1.54, 1.807) is 12.1 Å². The molecule has 5 rings (SSSR count). The number of para-hydroxylation sites is 4. The van der Waals surface area contributed by atoms with Gasteiger partial charge in [0.1, 0.15) is 0 Å². The van der Waals surface area contributed by atoms with Crippen LogP contribution in [0.1, 0.15) is 11.1 Å². The molecule has 0 bridgehead atoms. The standard InChI is InChI=1S/C28H28N6O2.2ClH/c29-21(13-17-15-31-23-9-3-1-7-19(17)23)27(35)33-25-11-5-6-12-26(25)34-28(36)22(30)14-18-16-32-24-10-4-2-8-20(18)24;;/h1-12,15-16,21-22,31-32H,13-14,29-30H2,(H,33,35)(H,34,36);2*1H/t21-,22-;;/m0../s1. The van der Waals surface area contributed by atoms with Crippen LogP contribution in [0, 0.1) is 0 Å². The highest BCUT2D eigenvalue weighted by Gasteiger charge is 2.23. The van der Waals surface area contributed by atoms with Gasteiger partial charge in [-0.1, -0.05) is 48.5 Å². The topological polar surface area (TPSA) is 145 Å². The Bertz CT molecular complexity index is 1430. The monoisotopic (exact) mass is 552 g/mol. The fraction of sp³-hybridized carbons (Fsp3) is 0.143. The summed E-state index contributed by atoms with van der Waals surface area (Å²) < 4.78 is 0.